The molecule has 0 amide bonds. The van der Waals surface area contributed by atoms with Gasteiger partial charge in [0, 0.05) is 0 Å². The van der Waals surface area contributed by atoms with E-state index in [1.54, 1.807) is 7.11 Å². The van der Waals surface area contributed by atoms with E-state index in [0.717, 1.165) is 17.0 Å². The average molecular weight is 371 g/mol. The van der Waals surface area contributed by atoms with Gasteiger partial charge < -0.3 is 15.4 Å². The first kappa shape index (κ1) is 16.1. The lowest BCUT2D eigenvalue weighted by atomic mass is 9.90. The molecule has 0 unspecified atom stereocenters. The van der Waals surface area contributed by atoms with E-state index in [0.29, 0.717) is 10.2 Å². The molecule has 25 heavy (non-hydrogen) atoms. The number of benzene rings is 2. The Morgan fingerprint density at radius 2 is 1.68 bits per heavy atom. The molecule has 0 spiro atoms. The number of nitrogens with zero attached hydrogens (tertiary/aromatic N) is 2. The summed E-state index contributed by atoms with van der Waals surface area (Å²) in [6.07, 6.45) is -0.110. The van der Waals surface area contributed by atoms with Crippen LogP contribution in [0.2, 0.25) is 0 Å². The molecule has 5 nitrogen and oxygen atoms in total. The molecule has 0 aromatic heterocycles. The van der Waals surface area contributed by atoms with Crippen molar-refractivity contribution in [2.75, 3.05) is 12.1 Å². The Morgan fingerprint density at radius 3 is 2.32 bits per heavy atom. The maximum Gasteiger partial charge on any atom is 0.194 e. The van der Waals surface area contributed by atoms with E-state index < -0.39 is 5.54 Å². The number of anilines is 1. The van der Waals surface area contributed by atoms with E-state index in [9.17, 15) is 0 Å². The van der Waals surface area contributed by atoms with E-state index in [-0.39, 0.29) is 6.17 Å². The number of rotatable bonds is 3. The van der Waals surface area contributed by atoms with E-state index in [2.05, 4.69) is 17.6 Å². The fourth-order valence-electron chi connectivity index (χ4n) is 3.38. The zero-order valence-electron chi connectivity index (χ0n) is 13.9. The molecule has 2 N–H and O–H groups in total. The lowest BCUT2D eigenvalue weighted by molar-refractivity contribution is 0.264. The van der Waals surface area contributed by atoms with Crippen LogP contribution in [0.3, 0.4) is 0 Å². The number of thiocarbonyl (C=S) groups is 2. The highest BCUT2D eigenvalue weighted by molar-refractivity contribution is 7.81. The Hall–Kier alpha value is -2.38. The monoisotopic (exact) mass is 370 g/mol. The lowest BCUT2D eigenvalue weighted by Gasteiger charge is -2.31. The molecule has 0 aliphatic carbocycles. The Labute approximate surface area is 157 Å². The second kappa shape index (κ2) is 5.86. The van der Waals surface area contributed by atoms with Crippen molar-refractivity contribution in [1.29, 1.82) is 0 Å². The second-order valence-electron chi connectivity index (χ2n) is 6.20. The van der Waals surface area contributed by atoms with Gasteiger partial charge in [-0.1, -0.05) is 30.3 Å². The van der Waals surface area contributed by atoms with Crippen LogP contribution < -0.4 is 20.4 Å². The molecule has 128 valence electrons. The molecular formula is C18H18N4OS2. The molecule has 0 bridgehead atoms. The van der Waals surface area contributed by atoms with Crippen molar-refractivity contribution < 1.29 is 4.74 Å². The minimum atomic E-state index is -0.420. The summed E-state index contributed by atoms with van der Waals surface area (Å²) in [5.74, 6) is 0.825. The van der Waals surface area contributed by atoms with Gasteiger partial charge >= 0.3 is 0 Å². The molecular weight excluding hydrogens is 352 g/mol. The van der Waals surface area contributed by atoms with Gasteiger partial charge in [-0.3, -0.25) is 0 Å². The van der Waals surface area contributed by atoms with E-state index in [4.69, 9.17) is 29.2 Å². The summed E-state index contributed by atoms with van der Waals surface area (Å²) in [6.45, 7) is 2.12. The van der Waals surface area contributed by atoms with E-state index in [1.165, 1.54) is 0 Å². The second-order valence-corrected chi connectivity index (χ2v) is 6.98. The summed E-state index contributed by atoms with van der Waals surface area (Å²) in [5.41, 5.74) is 1.66. The van der Waals surface area contributed by atoms with E-state index in [1.807, 2.05) is 64.6 Å². The highest BCUT2D eigenvalue weighted by atomic mass is 32.1. The molecule has 4 rings (SSSR count). The van der Waals surface area contributed by atoms with Gasteiger partial charge in [-0.15, -0.1) is 0 Å². The predicted octanol–water partition coefficient (Wildman–Crippen LogP) is 2.74. The zero-order chi connectivity index (χ0) is 17.6. The van der Waals surface area contributed by atoms with Crippen molar-refractivity contribution >= 4 is 40.3 Å². The third-order valence-corrected chi connectivity index (χ3v) is 5.30. The van der Waals surface area contributed by atoms with Crippen LogP contribution in [0.5, 0.6) is 5.75 Å². The Morgan fingerprint density at radius 1 is 1.00 bits per heavy atom. The molecule has 2 heterocycles. The van der Waals surface area contributed by atoms with Crippen LogP contribution in [0.1, 0.15) is 12.5 Å². The van der Waals surface area contributed by atoms with Crippen LogP contribution in [0.4, 0.5) is 5.69 Å². The summed E-state index contributed by atoms with van der Waals surface area (Å²) in [7, 11) is 1.66. The fraction of sp³-hybridized carbons (Fsp3) is 0.222. The van der Waals surface area contributed by atoms with Gasteiger partial charge in [-0.25, -0.2) is 10.0 Å². The van der Waals surface area contributed by atoms with Crippen LogP contribution in [-0.4, -0.2) is 28.5 Å². The molecule has 0 radical (unpaired) electrons. The molecule has 2 aromatic rings. The van der Waals surface area contributed by atoms with Crippen molar-refractivity contribution in [3.8, 4) is 5.75 Å². The molecule has 2 aliphatic heterocycles. The van der Waals surface area contributed by atoms with Crippen LogP contribution in [-0.2, 0) is 5.54 Å². The maximum absolute atomic E-state index is 5.63. The third kappa shape index (κ3) is 2.42. The first-order valence-electron chi connectivity index (χ1n) is 7.96. The van der Waals surface area contributed by atoms with Crippen molar-refractivity contribution in [3.63, 3.8) is 0 Å². The first-order valence-corrected chi connectivity index (χ1v) is 8.78. The summed E-state index contributed by atoms with van der Waals surface area (Å²) >= 11 is 11.2. The van der Waals surface area contributed by atoms with Crippen molar-refractivity contribution in [3.05, 3.63) is 60.2 Å². The first-order chi connectivity index (χ1) is 12.0. The molecule has 2 atom stereocenters. The third-order valence-electron chi connectivity index (χ3n) is 4.72. The van der Waals surface area contributed by atoms with Gasteiger partial charge in [0.25, 0.3) is 0 Å². The summed E-state index contributed by atoms with van der Waals surface area (Å²) < 4.78 is 5.26. The highest BCUT2D eigenvalue weighted by Crippen LogP contribution is 2.38. The standard InChI is InChI=1S/C18H18N4OS2/c1-18(12-8-10-14(23-2)11-9-12)15-19-16(24)21(22(15)17(25)20-18)13-6-4-3-5-7-13/h3-11,15H,1-2H3,(H,19,24)(H,20,25)/t15-,18+/m1/s1. The van der Waals surface area contributed by atoms with Gasteiger partial charge in [0.2, 0.25) is 0 Å². The summed E-state index contributed by atoms with van der Waals surface area (Å²) in [4.78, 5) is 0. The zero-order valence-corrected chi connectivity index (χ0v) is 15.5. The topological polar surface area (TPSA) is 39.8 Å². The molecule has 2 fully saturated rings. The van der Waals surface area contributed by atoms with Gasteiger partial charge in [-0.05, 0) is 61.2 Å². The van der Waals surface area contributed by atoms with Crippen molar-refractivity contribution in [1.82, 2.24) is 15.6 Å². The minimum absolute atomic E-state index is 0.110. The Bertz CT molecular complexity index is 827. The molecule has 2 aliphatic rings. The Kier molecular flexibility index (Phi) is 3.77. The molecule has 7 heteroatoms. The van der Waals surface area contributed by atoms with Crippen LogP contribution in [0.25, 0.3) is 0 Å². The fourth-order valence-corrected chi connectivity index (χ4v) is 4.08. The smallest absolute Gasteiger partial charge is 0.194 e. The molecule has 0 saturated carbocycles. The number of hydrogen-bond donors (Lipinski definition) is 2. The summed E-state index contributed by atoms with van der Waals surface area (Å²) in [6, 6.07) is 18.0. The number of nitrogens with one attached hydrogen (secondary N) is 2. The number of hydrogen-bond acceptors (Lipinski definition) is 3. The SMILES string of the molecule is COc1ccc([C@]2(C)NC(=S)N3[C@H]2NC(=S)N3c2ccccc2)cc1. The number of para-hydroxylation sites is 1. The predicted molar refractivity (Wildman–Crippen MR) is 106 cm³/mol. The lowest BCUT2D eigenvalue weighted by Crippen LogP contribution is -2.49. The van der Waals surface area contributed by atoms with Crippen LogP contribution >= 0.6 is 24.4 Å². The quantitative estimate of drug-likeness (QED) is 0.805. The summed E-state index contributed by atoms with van der Waals surface area (Å²) in [5, 5.41) is 12.1. The van der Waals surface area contributed by atoms with Gasteiger partial charge in [0.05, 0.1) is 12.8 Å². The van der Waals surface area contributed by atoms with Gasteiger partial charge in [0.1, 0.15) is 11.3 Å². The number of fused-ring (bicyclic) bond motifs is 1. The van der Waals surface area contributed by atoms with Crippen molar-refractivity contribution in [2.24, 2.45) is 0 Å². The van der Waals surface area contributed by atoms with E-state index >= 15 is 0 Å². The Balaban J connectivity index is 1.72. The molecule has 2 saturated heterocycles. The number of ether oxygens (including phenoxy) is 1. The van der Waals surface area contributed by atoms with Gasteiger partial charge in [-0.2, -0.15) is 0 Å². The molecule has 2 aromatic carbocycles. The minimum Gasteiger partial charge on any atom is -0.497 e. The van der Waals surface area contributed by atoms with Crippen LogP contribution in [0.15, 0.2) is 54.6 Å². The maximum atomic E-state index is 5.63. The van der Waals surface area contributed by atoms with Gasteiger partial charge in [0.15, 0.2) is 16.4 Å². The highest BCUT2D eigenvalue weighted by Gasteiger charge is 2.55. The number of hydrazine groups is 1. The van der Waals surface area contributed by atoms with Crippen LogP contribution in [0, 0.1) is 0 Å². The van der Waals surface area contributed by atoms with Crippen molar-refractivity contribution in [2.45, 2.75) is 18.6 Å². The number of methoxy groups -OCH3 is 1. The largest absolute Gasteiger partial charge is 0.497 e. The normalized spacial score (nSPS) is 24.8. The average Bonchev–Trinajstić information content (AvgIpc) is 3.11.